The van der Waals surface area contributed by atoms with Crippen LogP contribution in [0.5, 0.6) is 11.5 Å². The van der Waals surface area contributed by atoms with Crippen LogP contribution in [0, 0.1) is 12.8 Å². The van der Waals surface area contributed by atoms with Crippen molar-refractivity contribution in [3.8, 4) is 11.5 Å². The van der Waals surface area contributed by atoms with Crippen molar-refractivity contribution < 1.29 is 14.3 Å². The number of carbonyl (C=O) groups excluding carboxylic acids is 1. The summed E-state index contributed by atoms with van der Waals surface area (Å²) in [5.74, 6) is 3.96. The first kappa shape index (κ1) is 23.1. The zero-order chi connectivity index (χ0) is 22.5. The molecule has 2 aromatic rings. The lowest BCUT2D eigenvalue weighted by Gasteiger charge is -2.23. The SMILES string of the molecule is COc1ccc(CN2CCc3nnc(C(CC(C)C)NC(C)=O)n3CC2)c(OC)c1C. The number of benzene rings is 1. The van der Waals surface area contributed by atoms with Gasteiger partial charge in [-0.3, -0.25) is 9.69 Å². The van der Waals surface area contributed by atoms with Crippen LogP contribution in [-0.2, 0) is 24.3 Å². The van der Waals surface area contributed by atoms with E-state index >= 15 is 0 Å². The van der Waals surface area contributed by atoms with E-state index in [1.807, 2.05) is 13.0 Å². The van der Waals surface area contributed by atoms with Crippen LogP contribution in [-0.4, -0.2) is 52.9 Å². The maximum Gasteiger partial charge on any atom is 0.217 e. The predicted octanol–water partition coefficient (Wildman–Crippen LogP) is 2.89. The summed E-state index contributed by atoms with van der Waals surface area (Å²) in [6.45, 7) is 11.2. The second kappa shape index (κ2) is 10.1. The highest BCUT2D eigenvalue weighted by Gasteiger charge is 2.26. The molecule has 0 saturated carbocycles. The molecule has 1 unspecified atom stereocenters. The van der Waals surface area contributed by atoms with Gasteiger partial charge in [-0.2, -0.15) is 0 Å². The molecule has 3 rings (SSSR count). The van der Waals surface area contributed by atoms with Crippen molar-refractivity contribution in [2.45, 2.75) is 59.7 Å². The number of fused-ring (bicyclic) bond motifs is 1. The second-order valence-electron chi connectivity index (χ2n) is 8.62. The van der Waals surface area contributed by atoms with Gasteiger partial charge in [-0.15, -0.1) is 10.2 Å². The molecule has 0 aliphatic carbocycles. The number of rotatable bonds is 8. The van der Waals surface area contributed by atoms with Gasteiger partial charge < -0.3 is 19.4 Å². The summed E-state index contributed by atoms with van der Waals surface area (Å²) in [5, 5.41) is 12.0. The van der Waals surface area contributed by atoms with Crippen molar-refractivity contribution in [1.82, 2.24) is 25.0 Å². The lowest BCUT2D eigenvalue weighted by Crippen LogP contribution is -2.31. The van der Waals surface area contributed by atoms with Crippen LogP contribution >= 0.6 is 0 Å². The smallest absolute Gasteiger partial charge is 0.217 e. The van der Waals surface area contributed by atoms with E-state index in [-0.39, 0.29) is 11.9 Å². The molecular formula is C23H35N5O3. The maximum atomic E-state index is 11.8. The monoisotopic (exact) mass is 429 g/mol. The third kappa shape index (κ3) is 5.36. The van der Waals surface area contributed by atoms with Crippen LogP contribution in [0.3, 0.4) is 0 Å². The summed E-state index contributed by atoms with van der Waals surface area (Å²) in [5.41, 5.74) is 2.16. The van der Waals surface area contributed by atoms with Gasteiger partial charge in [0.05, 0.1) is 20.3 Å². The number of ether oxygens (including phenoxy) is 2. The molecule has 0 saturated heterocycles. The molecular weight excluding hydrogens is 394 g/mol. The van der Waals surface area contributed by atoms with Crippen molar-refractivity contribution >= 4 is 5.91 Å². The van der Waals surface area contributed by atoms with Crippen LogP contribution in [0.25, 0.3) is 0 Å². The van der Waals surface area contributed by atoms with Crippen LogP contribution in [0.2, 0.25) is 0 Å². The lowest BCUT2D eigenvalue weighted by atomic mass is 10.0. The minimum atomic E-state index is -0.116. The summed E-state index contributed by atoms with van der Waals surface area (Å²) >= 11 is 0. The molecule has 0 fully saturated rings. The second-order valence-corrected chi connectivity index (χ2v) is 8.62. The molecule has 1 aromatic heterocycles. The highest BCUT2D eigenvalue weighted by Crippen LogP contribution is 2.32. The van der Waals surface area contributed by atoms with E-state index in [2.05, 4.69) is 44.9 Å². The van der Waals surface area contributed by atoms with Gasteiger partial charge in [-0.25, -0.2) is 0 Å². The summed E-state index contributed by atoms with van der Waals surface area (Å²) < 4.78 is 13.3. The van der Waals surface area contributed by atoms with E-state index in [1.54, 1.807) is 21.1 Å². The molecule has 1 amide bonds. The molecule has 170 valence electrons. The van der Waals surface area contributed by atoms with E-state index in [0.29, 0.717) is 5.92 Å². The Hall–Kier alpha value is -2.61. The third-order valence-electron chi connectivity index (χ3n) is 5.80. The van der Waals surface area contributed by atoms with Crippen molar-refractivity contribution in [3.63, 3.8) is 0 Å². The summed E-state index contributed by atoms with van der Waals surface area (Å²) in [6, 6.07) is 3.97. The molecule has 31 heavy (non-hydrogen) atoms. The molecule has 2 heterocycles. The fourth-order valence-electron chi connectivity index (χ4n) is 4.35. The molecule has 1 aromatic carbocycles. The minimum absolute atomic E-state index is 0.0415. The van der Waals surface area contributed by atoms with Gasteiger partial charge in [0.15, 0.2) is 5.82 Å². The minimum Gasteiger partial charge on any atom is -0.496 e. The van der Waals surface area contributed by atoms with Crippen LogP contribution < -0.4 is 14.8 Å². The highest BCUT2D eigenvalue weighted by molar-refractivity contribution is 5.73. The summed E-state index contributed by atoms with van der Waals surface area (Å²) in [6.07, 6.45) is 1.66. The van der Waals surface area contributed by atoms with Crippen LogP contribution in [0.4, 0.5) is 0 Å². The maximum absolute atomic E-state index is 11.8. The largest absolute Gasteiger partial charge is 0.496 e. The number of amides is 1. The Morgan fingerprint density at radius 3 is 2.58 bits per heavy atom. The van der Waals surface area contributed by atoms with Crippen LogP contribution in [0.15, 0.2) is 12.1 Å². The topological polar surface area (TPSA) is 81.5 Å². The molecule has 1 aliphatic rings. The molecule has 0 bridgehead atoms. The molecule has 1 atom stereocenters. The van der Waals surface area contributed by atoms with E-state index in [4.69, 9.17) is 9.47 Å². The van der Waals surface area contributed by atoms with Crippen molar-refractivity contribution in [2.75, 3.05) is 27.3 Å². The Morgan fingerprint density at radius 2 is 1.94 bits per heavy atom. The van der Waals surface area contributed by atoms with Crippen molar-refractivity contribution in [3.05, 3.63) is 34.9 Å². The summed E-state index contributed by atoms with van der Waals surface area (Å²) in [4.78, 5) is 14.2. The molecule has 0 spiro atoms. The number of aromatic nitrogens is 3. The van der Waals surface area contributed by atoms with Crippen LogP contribution in [0.1, 0.15) is 56.0 Å². The Labute approximate surface area is 184 Å². The zero-order valence-corrected chi connectivity index (χ0v) is 19.6. The van der Waals surface area contributed by atoms with Crippen molar-refractivity contribution in [1.29, 1.82) is 0 Å². The number of nitrogens with one attached hydrogen (secondary N) is 1. The Morgan fingerprint density at radius 1 is 1.16 bits per heavy atom. The fourth-order valence-corrected chi connectivity index (χ4v) is 4.35. The van der Waals surface area contributed by atoms with Crippen molar-refractivity contribution in [2.24, 2.45) is 5.92 Å². The normalized spacial score (nSPS) is 15.3. The number of hydrogen-bond acceptors (Lipinski definition) is 6. The standard InChI is InChI=1S/C23H35N5O3/c1-15(2)13-19(24-17(4)29)23-26-25-21-9-10-27(11-12-28(21)23)14-18-7-8-20(30-5)16(3)22(18)31-6/h7-8,15,19H,9-14H2,1-6H3,(H,24,29). The van der Waals surface area contributed by atoms with Gasteiger partial charge in [0.25, 0.3) is 0 Å². The van der Waals surface area contributed by atoms with Gasteiger partial charge in [-0.05, 0) is 25.3 Å². The van der Waals surface area contributed by atoms with Gasteiger partial charge in [0.2, 0.25) is 5.91 Å². The summed E-state index contributed by atoms with van der Waals surface area (Å²) in [7, 11) is 3.38. The van der Waals surface area contributed by atoms with E-state index in [9.17, 15) is 4.79 Å². The molecule has 1 N–H and O–H groups in total. The molecule has 8 heteroatoms. The number of hydrogen-bond donors (Lipinski definition) is 1. The molecule has 8 nitrogen and oxygen atoms in total. The number of nitrogens with zero attached hydrogens (tertiary/aromatic N) is 4. The zero-order valence-electron chi connectivity index (χ0n) is 19.6. The van der Waals surface area contributed by atoms with Gasteiger partial charge >= 0.3 is 0 Å². The van der Waals surface area contributed by atoms with E-state index < -0.39 is 0 Å². The Kier molecular flexibility index (Phi) is 7.54. The highest BCUT2D eigenvalue weighted by atomic mass is 16.5. The number of carbonyl (C=O) groups is 1. The Balaban J connectivity index is 1.77. The molecule has 0 radical (unpaired) electrons. The predicted molar refractivity (Wildman–Crippen MR) is 119 cm³/mol. The third-order valence-corrected chi connectivity index (χ3v) is 5.80. The quantitative estimate of drug-likeness (QED) is 0.695. The average molecular weight is 430 g/mol. The first-order valence-electron chi connectivity index (χ1n) is 11.0. The number of methoxy groups -OCH3 is 2. The van der Waals surface area contributed by atoms with Gasteiger partial charge in [0, 0.05) is 50.7 Å². The lowest BCUT2D eigenvalue weighted by molar-refractivity contribution is -0.119. The fraction of sp³-hybridized carbons (Fsp3) is 0.609. The molecule has 1 aliphatic heterocycles. The first-order valence-corrected chi connectivity index (χ1v) is 11.0. The van der Waals surface area contributed by atoms with Gasteiger partial charge in [0.1, 0.15) is 17.3 Å². The first-order chi connectivity index (χ1) is 14.8. The Bertz CT molecular complexity index is 909. The van der Waals surface area contributed by atoms with E-state index in [1.165, 1.54) is 0 Å². The van der Waals surface area contributed by atoms with Gasteiger partial charge in [-0.1, -0.05) is 19.9 Å². The van der Waals surface area contributed by atoms with E-state index in [0.717, 1.165) is 73.3 Å². The average Bonchev–Trinajstić information content (AvgIpc) is 3.01.